The first kappa shape index (κ1) is 16.9. The largest absolute Gasteiger partial charge is 0.338 e. The highest BCUT2D eigenvalue weighted by Gasteiger charge is 2.22. The van der Waals surface area contributed by atoms with Gasteiger partial charge < -0.3 is 10.2 Å². The number of hydrogen-bond donors (Lipinski definition) is 1. The molecule has 0 aliphatic carbocycles. The van der Waals surface area contributed by atoms with Crippen LogP contribution in [0.2, 0.25) is 0 Å². The normalized spacial score (nSPS) is 19.1. The maximum atomic E-state index is 13.3. The molecule has 22 heavy (non-hydrogen) atoms. The van der Waals surface area contributed by atoms with Crippen molar-refractivity contribution in [1.29, 1.82) is 0 Å². The zero-order valence-electron chi connectivity index (χ0n) is 13.5. The van der Waals surface area contributed by atoms with Crippen molar-refractivity contribution in [2.24, 2.45) is 0 Å². The van der Waals surface area contributed by atoms with Gasteiger partial charge in [0, 0.05) is 25.7 Å². The molecule has 122 valence electrons. The quantitative estimate of drug-likeness (QED) is 0.871. The van der Waals surface area contributed by atoms with E-state index in [-0.39, 0.29) is 11.7 Å². The summed E-state index contributed by atoms with van der Waals surface area (Å²) in [5, 5.41) is 3.29. The topological polar surface area (TPSA) is 35.6 Å². The van der Waals surface area contributed by atoms with E-state index in [1.807, 2.05) is 20.0 Å². The zero-order chi connectivity index (χ0) is 15.9. The van der Waals surface area contributed by atoms with Crippen molar-refractivity contribution in [3.8, 4) is 0 Å². The number of piperidine rings is 1. The van der Waals surface area contributed by atoms with Crippen molar-refractivity contribution in [2.45, 2.75) is 32.4 Å². The molecule has 1 saturated heterocycles. The van der Waals surface area contributed by atoms with Crippen LogP contribution < -0.4 is 5.32 Å². The summed E-state index contributed by atoms with van der Waals surface area (Å²) in [5.74, 6) is -0.141. The second kappa shape index (κ2) is 8.25. The SMILES string of the molecule is CCN(Cc1cccc(F)c1)C(=O)CN1CCCC(NC)C1. The van der Waals surface area contributed by atoms with Crippen molar-refractivity contribution in [3.63, 3.8) is 0 Å². The van der Waals surface area contributed by atoms with Crippen LogP contribution in [0.5, 0.6) is 0 Å². The highest BCUT2D eigenvalue weighted by Crippen LogP contribution is 2.11. The Hall–Kier alpha value is -1.46. The molecule has 0 spiro atoms. The van der Waals surface area contributed by atoms with Crippen LogP contribution in [-0.4, -0.2) is 55.0 Å². The van der Waals surface area contributed by atoms with E-state index in [1.165, 1.54) is 18.6 Å². The summed E-state index contributed by atoms with van der Waals surface area (Å²) in [4.78, 5) is 16.5. The Morgan fingerprint density at radius 2 is 2.32 bits per heavy atom. The van der Waals surface area contributed by atoms with Crippen LogP contribution >= 0.6 is 0 Å². The minimum Gasteiger partial charge on any atom is -0.338 e. The minimum absolute atomic E-state index is 0.114. The van der Waals surface area contributed by atoms with Crippen LogP contribution in [0.15, 0.2) is 24.3 Å². The van der Waals surface area contributed by atoms with E-state index in [9.17, 15) is 9.18 Å². The second-order valence-corrected chi connectivity index (χ2v) is 5.90. The number of carbonyl (C=O) groups is 1. The van der Waals surface area contributed by atoms with Gasteiger partial charge in [0.2, 0.25) is 5.91 Å². The average molecular weight is 307 g/mol. The fourth-order valence-electron chi connectivity index (χ4n) is 2.96. The van der Waals surface area contributed by atoms with E-state index < -0.39 is 0 Å². The smallest absolute Gasteiger partial charge is 0.237 e. The summed E-state index contributed by atoms with van der Waals surface area (Å²) < 4.78 is 13.3. The molecular weight excluding hydrogens is 281 g/mol. The van der Waals surface area contributed by atoms with Gasteiger partial charge in [-0.05, 0) is 51.1 Å². The van der Waals surface area contributed by atoms with Gasteiger partial charge in [0.05, 0.1) is 6.54 Å². The first-order valence-corrected chi connectivity index (χ1v) is 8.04. The zero-order valence-corrected chi connectivity index (χ0v) is 13.5. The molecule has 1 aromatic carbocycles. The van der Waals surface area contributed by atoms with Gasteiger partial charge in [-0.25, -0.2) is 4.39 Å². The van der Waals surface area contributed by atoms with Crippen molar-refractivity contribution in [1.82, 2.24) is 15.1 Å². The Bertz CT molecular complexity index is 495. The number of nitrogens with one attached hydrogen (secondary N) is 1. The lowest BCUT2D eigenvalue weighted by atomic mass is 10.1. The summed E-state index contributed by atoms with van der Waals surface area (Å²) in [7, 11) is 1.97. The number of rotatable bonds is 6. The van der Waals surface area contributed by atoms with Crippen LogP contribution in [0.4, 0.5) is 4.39 Å². The van der Waals surface area contributed by atoms with Gasteiger partial charge >= 0.3 is 0 Å². The average Bonchev–Trinajstić information content (AvgIpc) is 2.52. The van der Waals surface area contributed by atoms with Gasteiger partial charge in [-0.3, -0.25) is 9.69 Å². The number of likely N-dealkylation sites (tertiary alicyclic amines) is 1. The standard InChI is InChI=1S/C17H26FN3O/c1-3-21(11-14-6-4-7-15(18)10-14)17(22)13-20-9-5-8-16(12-20)19-2/h4,6-7,10,16,19H,3,5,8-9,11-13H2,1-2H3. The molecule has 0 bridgehead atoms. The minimum atomic E-state index is -0.256. The molecule has 0 saturated carbocycles. The molecule has 1 unspecified atom stereocenters. The van der Waals surface area contributed by atoms with Crippen molar-refractivity contribution in [3.05, 3.63) is 35.6 Å². The van der Waals surface area contributed by atoms with Gasteiger partial charge in [0.25, 0.3) is 0 Å². The van der Waals surface area contributed by atoms with E-state index in [4.69, 9.17) is 0 Å². The van der Waals surface area contributed by atoms with Crippen LogP contribution in [0.3, 0.4) is 0 Å². The Balaban J connectivity index is 1.91. The van der Waals surface area contributed by atoms with Gasteiger partial charge in [-0.15, -0.1) is 0 Å². The van der Waals surface area contributed by atoms with Crippen molar-refractivity contribution < 1.29 is 9.18 Å². The predicted molar refractivity (Wildman–Crippen MR) is 86.0 cm³/mol. The molecule has 1 atom stereocenters. The number of nitrogens with zero attached hydrogens (tertiary/aromatic N) is 2. The Morgan fingerprint density at radius 1 is 1.50 bits per heavy atom. The molecule has 4 nitrogen and oxygen atoms in total. The van der Waals surface area contributed by atoms with Crippen LogP contribution in [-0.2, 0) is 11.3 Å². The van der Waals surface area contributed by atoms with Gasteiger partial charge in [-0.2, -0.15) is 0 Å². The molecule has 1 aliphatic rings. The molecule has 1 aliphatic heterocycles. The third-order valence-corrected chi connectivity index (χ3v) is 4.27. The summed E-state index contributed by atoms with van der Waals surface area (Å²) in [6.45, 7) is 5.40. The van der Waals surface area contributed by atoms with E-state index in [2.05, 4.69) is 10.2 Å². The Labute approximate surface area is 132 Å². The molecule has 1 aromatic rings. The van der Waals surface area contributed by atoms with Crippen molar-refractivity contribution >= 4 is 5.91 Å². The van der Waals surface area contributed by atoms with Crippen molar-refractivity contribution in [2.75, 3.05) is 33.2 Å². The van der Waals surface area contributed by atoms with Crippen LogP contribution in [0.1, 0.15) is 25.3 Å². The molecular formula is C17H26FN3O. The summed E-state index contributed by atoms with van der Waals surface area (Å²) in [6.07, 6.45) is 2.29. The molecule has 1 fully saturated rings. The van der Waals surface area contributed by atoms with Crippen LogP contribution in [0, 0.1) is 5.82 Å². The molecule has 0 radical (unpaired) electrons. The number of amides is 1. The summed E-state index contributed by atoms with van der Waals surface area (Å²) in [5.41, 5.74) is 0.835. The van der Waals surface area contributed by atoms with Gasteiger partial charge in [-0.1, -0.05) is 12.1 Å². The monoisotopic (exact) mass is 307 g/mol. The molecule has 1 heterocycles. The summed E-state index contributed by atoms with van der Waals surface area (Å²) >= 11 is 0. The fraction of sp³-hybridized carbons (Fsp3) is 0.588. The Kier molecular flexibility index (Phi) is 6.34. The first-order chi connectivity index (χ1) is 10.6. The van der Waals surface area contributed by atoms with E-state index >= 15 is 0 Å². The van der Waals surface area contributed by atoms with E-state index in [0.717, 1.165) is 25.1 Å². The van der Waals surface area contributed by atoms with Crippen LogP contribution in [0.25, 0.3) is 0 Å². The lowest BCUT2D eigenvalue weighted by Gasteiger charge is -2.33. The number of likely N-dealkylation sites (N-methyl/N-ethyl adjacent to an activating group) is 2. The third kappa shape index (κ3) is 4.78. The first-order valence-electron chi connectivity index (χ1n) is 8.04. The molecule has 1 N–H and O–H groups in total. The maximum absolute atomic E-state index is 13.3. The lowest BCUT2D eigenvalue weighted by Crippen LogP contribution is -2.48. The highest BCUT2D eigenvalue weighted by molar-refractivity contribution is 5.78. The molecule has 0 aromatic heterocycles. The predicted octanol–water partition coefficient (Wildman–Crippen LogP) is 1.86. The molecule has 5 heteroatoms. The summed E-state index contributed by atoms with van der Waals surface area (Å²) in [6, 6.07) is 6.93. The second-order valence-electron chi connectivity index (χ2n) is 5.90. The Morgan fingerprint density at radius 3 is 3.00 bits per heavy atom. The highest BCUT2D eigenvalue weighted by atomic mass is 19.1. The lowest BCUT2D eigenvalue weighted by molar-refractivity contribution is -0.133. The van der Waals surface area contributed by atoms with E-state index in [0.29, 0.717) is 25.7 Å². The number of hydrogen-bond acceptors (Lipinski definition) is 3. The molecule has 1 amide bonds. The third-order valence-electron chi connectivity index (χ3n) is 4.27. The fourth-order valence-corrected chi connectivity index (χ4v) is 2.96. The number of benzene rings is 1. The maximum Gasteiger partial charge on any atom is 0.237 e. The van der Waals surface area contributed by atoms with E-state index in [1.54, 1.807) is 11.0 Å². The number of carbonyl (C=O) groups excluding carboxylic acids is 1. The van der Waals surface area contributed by atoms with Gasteiger partial charge in [0.1, 0.15) is 5.82 Å². The molecule has 2 rings (SSSR count). The number of halogens is 1. The van der Waals surface area contributed by atoms with Gasteiger partial charge in [0.15, 0.2) is 0 Å².